The predicted octanol–water partition coefficient (Wildman–Crippen LogP) is 1.66. The van der Waals surface area contributed by atoms with Gasteiger partial charge in [0, 0.05) is 56.1 Å². The lowest BCUT2D eigenvalue weighted by atomic mass is 10.1. The van der Waals surface area contributed by atoms with Crippen LogP contribution in [0.4, 0.5) is 5.95 Å². The van der Waals surface area contributed by atoms with Gasteiger partial charge in [-0.1, -0.05) is 0 Å². The number of carbonyl (C=O) groups excluding carboxylic acids is 1. The van der Waals surface area contributed by atoms with E-state index in [1.54, 1.807) is 12.4 Å². The number of hydrogen-bond acceptors (Lipinski definition) is 6. The van der Waals surface area contributed by atoms with Gasteiger partial charge in [0.1, 0.15) is 0 Å². The van der Waals surface area contributed by atoms with Crippen molar-refractivity contribution in [3.63, 3.8) is 0 Å². The Morgan fingerprint density at radius 2 is 2.22 bits per heavy atom. The third-order valence-electron chi connectivity index (χ3n) is 5.14. The van der Waals surface area contributed by atoms with Crippen LogP contribution in [-0.4, -0.2) is 46.6 Å². The molecule has 27 heavy (non-hydrogen) atoms. The summed E-state index contributed by atoms with van der Waals surface area (Å²) in [4.78, 5) is 27.8. The number of fused-ring (bicyclic) bond motifs is 1. The lowest BCUT2D eigenvalue weighted by Gasteiger charge is -2.33. The molecule has 0 aliphatic carbocycles. The van der Waals surface area contributed by atoms with Crippen LogP contribution in [0.1, 0.15) is 36.1 Å². The lowest BCUT2D eigenvalue weighted by molar-refractivity contribution is -0.121. The summed E-state index contributed by atoms with van der Waals surface area (Å²) in [5.41, 5.74) is 3.31. The van der Waals surface area contributed by atoms with Gasteiger partial charge in [-0.15, -0.1) is 0 Å². The summed E-state index contributed by atoms with van der Waals surface area (Å²) >= 11 is 0. The number of amides is 1. The SMILES string of the molecule is O=C(CCc1ccncc1)N[C@@H]1CCCN(c2ncc3c(n2)CCOC3)C1. The molecule has 0 spiro atoms. The van der Waals surface area contributed by atoms with E-state index in [-0.39, 0.29) is 11.9 Å². The molecule has 0 bridgehead atoms. The number of pyridine rings is 1. The number of piperidine rings is 1. The van der Waals surface area contributed by atoms with Gasteiger partial charge in [-0.05, 0) is 37.0 Å². The van der Waals surface area contributed by atoms with E-state index in [9.17, 15) is 4.79 Å². The highest BCUT2D eigenvalue weighted by Gasteiger charge is 2.24. The first-order valence-electron chi connectivity index (χ1n) is 9.64. The van der Waals surface area contributed by atoms with Crippen molar-refractivity contribution >= 4 is 11.9 Å². The topological polar surface area (TPSA) is 80.2 Å². The number of carbonyl (C=O) groups is 1. The normalized spacial score (nSPS) is 19.4. The molecule has 1 N–H and O–H groups in total. The zero-order chi connectivity index (χ0) is 18.5. The van der Waals surface area contributed by atoms with Gasteiger partial charge in [-0.25, -0.2) is 9.97 Å². The average molecular weight is 367 g/mol. The van der Waals surface area contributed by atoms with Crippen LogP contribution >= 0.6 is 0 Å². The minimum atomic E-state index is 0.0992. The third kappa shape index (κ3) is 4.60. The van der Waals surface area contributed by atoms with Crippen LogP contribution in [0.3, 0.4) is 0 Å². The Kier molecular flexibility index (Phi) is 5.58. The molecule has 142 valence electrons. The second kappa shape index (κ2) is 8.43. The smallest absolute Gasteiger partial charge is 0.225 e. The molecule has 4 rings (SSSR count). The first kappa shape index (κ1) is 17.9. The number of rotatable bonds is 5. The fraction of sp³-hybridized carbons (Fsp3) is 0.500. The maximum Gasteiger partial charge on any atom is 0.225 e. The number of hydrogen-bond donors (Lipinski definition) is 1. The molecule has 1 fully saturated rings. The highest BCUT2D eigenvalue weighted by molar-refractivity contribution is 5.76. The molecule has 1 saturated heterocycles. The zero-order valence-corrected chi connectivity index (χ0v) is 15.4. The molecule has 2 aromatic rings. The summed E-state index contributed by atoms with van der Waals surface area (Å²) in [7, 11) is 0. The summed E-state index contributed by atoms with van der Waals surface area (Å²) in [6.45, 7) is 3.01. The Balaban J connectivity index is 1.32. The van der Waals surface area contributed by atoms with E-state index in [0.717, 1.165) is 68.1 Å². The second-order valence-corrected chi connectivity index (χ2v) is 7.15. The molecule has 1 atom stereocenters. The molecule has 1 amide bonds. The number of nitrogens with one attached hydrogen (secondary N) is 1. The Labute approximate surface area is 159 Å². The van der Waals surface area contributed by atoms with E-state index in [0.29, 0.717) is 13.0 Å². The van der Waals surface area contributed by atoms with E-state index in [4.69, 9.17) is 9.72 Å². The van der Waals surface area contributed by atoms with Crippen molar-refractivity contribution in [3.8, 4) is 0 Å². The van der Waals surface area contributed by atoms with E-state index in [2.05, 4.69) is 20.2 Å². The predicted molar refractivity (Wildman–Crippen MR) is 101 cm³/mol. The molecule has 0 saturated carbocycles. The molecule has 2 aromatic heterocycles. The molecular formula is C20H25N5O2. The highest BCUT2D eigenvalue weighted by atomic mass is 16.5. The van der Waals surface area contributed by atoms with Crippen molar-refractivity contribution in [3.05, 3.63) is 47.5 Å². The molecule has 4 heterocycles. The van der Waals surface area contributed by atoms with Crippen molar-refractivity contribution in [2.24, 2.45) is 0 Å². The van der Waals surface area contributed by atoms with E-state index >= 15 is 0 Å². The maximum absolute atomic E-state index is 12.3. The second-order valence-electron chi connectivity index (χ2n) is 7.15. The molecule has 7 nitrogen and oxygen atoms in total. The van der Waals surface area contributed by atoms with Crippen LogP contribution in [0.2, 0.25) is 0 Å². The van der Waals surface area contributed by atoms with Crippen LogP contribution in [0, 0.1) is 0 Å². The van der Waals surface area contributed by atoms with Gasteiger partial charge in [0.25, 0.3) is 0 Å². The molecule has 2 aliphatic heterocycles. The van der Waals surface area contributed by atoms with Gasteiger partial charge < -0.3 is 15.0 Å². The molecule has 7 heteroatoms. The van der Waals surface area contributed by atoms with E-state index in [1.807, 2.05) is 18.3 Å². The molecule has 2 aliphatic rings. The van der Waals surface area contributed by atoms with Crippen molar-refractivity contribution in [1.29, 1.82) is 0 Å². The molecule has 0 unspecified atom stereocenters. The standard InChI is InChI=1S/C20H25N5O2/c26-19(4-3-15-5-8-21-9-6-15)23-17-2-1-10-25(13-17)20-22-12-16-14-27-11-7-18(16)24-20/h5-6,8-9,12,17H,1-4,7,10-11,13-14H2,(H,23,26)/t17-/m1/s1. The Morgan fingerprint density at radius 3 is 3.11 bits per heavy atom. The van der Waals surface area contributed by atoms with Crippen molar-refractivity contribution in [2.45, 2.75) is 44.8 Å². The van der Waals surface area contributed by atoms with Gasteiger partial charge in [-0.3, -0.25) is 9.78 Å². The van der Waals surface area contributed by atoms with Gasteiger partial charge in [0.2, 0.25) is 11.9 Å². The van der Waals surface area contributed by atoms with Crippen LogP contribution in [-0.2, 0) is 29.0 Å². The highest BCUT2D eigenvalue weighted by Crippen LogP contribution is 2.20. The fourth-order valence-electron chi connectivity index (χ4n) is 3.66. The van der Waals surface area contributed by atoms with Gasteiger partial charge >= 0.3 is 0 Å². The fourth-order valence-corrected chi connectivity index (χ4v) is 3.66. The van der Waals surface area contributed by atoms with Crippen LogP contribution in [0.5, 0.6) is 0 Å². The maximum atomic E-state index is 12.3. The summed E-state index contributed by atoms with van der Waals surface area (Å²) in [5, 5.41) is 3.18. The summed E-state index contributed by atoms with van der Waals surface area (Å²) in [5.74, 6) is 0.869. The van der Waals surface area contributed by atoms with E-state index < -0.39 is 0 Å². The Hall–Kier alpha value is -2.54. The largest absolute Gasteiger partial charge is 0.376 e. The van der Waals surface area contributed by atoms with Crippen molar-refractivity contribution in [1.82, 2.24) is 20.3 Å². The molecule has 0 aromatic carbocycles. The Bertz CT molecular complexity index is 783. The zero-order valence-electron chi connectivity index (χ0n) is 15.4. The number of aryl methyl sites for hydroxylation is 1. The lowest BCUT2D eigenvalue weighted by Crippen LogP contribution is -2.48. The van der Waals surface area contributed by atoms with E-state index in [1.165, 1.54) is 0 Å². The van der Waals surface area contributed by atoms with Gasteiger partial charge in [0.05, 0.1) is 18.9 Å². The minimum Gasteiger partial charge on any atom is -0.376 e. The van der Waals surface area contributed by atoms with Crippen LogP contribution < -0.4 is 10.2 Å². The van der Waals surface area contributed by atoms with Crippen molar-refractivity contribution < 1.29 is 9.53 Å². The van der Waals surface area contributed by atoms with Crippen LogP contribution in [0.25, 0.3) is 0 Å². The first-order chi connectivity index (χ1) is 13.3. The Morgan fingerprint density at radius 1 is 1.33 bits per heavy atom. The van der Waals surface area contributed by atoms with Crippen molar-refractivity contribution in [2.75, 3.05) is 24.6 Å². The third-order valence-corrected chi connectivity index (χ3v) is 5.14. The molecule has 0 radical (unpaired) electrons. The summed E-state index contributed by atoms with van der Waals surface area (Å²) in [6, 6.07) is 4.05. The minimum absolute atomic E-state index is 0.0992. The monoisotopic (exact) mass is 367 g/mol. The number of anilines is 1. The summed E-state index contributed by atoms with van der Waals surface area (Å²) < 4.78 is 5.45. The first-order valence-corrected chi connectivity index (χ1v) is 9.64. The quantitative estimate of drug-likeness (QED) is 0.866. The van der Waals surface area contributed by atoms with Gasteiger partial charge in [0.15, 0.2) is 0 Å². The van der Waals surface area contributed by atoms with Gasteiger partial charge in [-0.2, -0.15) is 0 Å². The molecular weight excluding hydrogens is 342 g/mol. The average Bonchev–Trinajstić information content (AvgIpc) is 2.73. The number of ether oxygens (including phenoxy) is 1. The number of nitrogens with zero attached hydrogens (tertiary/aromatic N) is 4. The van der Waals surface area contributed by atoms with Crippen LogP contribution in [0.15, 0.2) is 30.7 Å². The number of aromatic nitrogens is 3. The summed E-state index contributed by atoms with van der Waals surface area (Å²) in [6.07, 6.45) is 9.50.